The zero-order valence-corrected chi connectivity index (χ0v) is 12.8. The Hall–Kier alpha value is -2.53. The molecular weight excluding hydrogens is 280 g/mol. The quantitative estimate of drug-likeness (QED) is 0.859. The van der Waals surface area contributed by atoms with Crippen LogP contribution in [0.25, 0.3) is 0 Å². The highest BCUT2D eigenvalue weighted by atomic mass is 16.5. The molecule has 2 aromatic carbocycles. The summed E-state index contributed by atoms with van der Waals surface area (Å²) in [6.45, 7) is 0.444. The number of ether oxygens (including phenoxy) is 2. The molecule has 0 radical (unpaired) electrons. The number of nitrogens with one attached hydrogen (secondary N) is 1. The number of hydrogen-bond acceptors (Lipinski definition) is 4. The zero-order valence-electron chi connectivity index (χ0n) is 12.8. The molecule has 22 heavy (non-hydrogen) atoms. The lowest BCUT2D eigenvalue weighted by molar-refractivity contribution is -0.115. The first-order valence-electron chi connectivity index (χ1n) is 6.96. The molecule has 116 valence electrons. The van der Waals surface area contributed by atoms with E-state index in [1.165, 1.54) is 0 Å². The predicted octanol–water partition coefficient (Wildman–Crippen LogP) is 2.34. The van der Waals surface area contributed by atoms with Crippen molar-refractivity contribution in [2.24, 2.45) is 5.73 Å². The van der Waals surface area contributed by atoms with E-state index in [9.17, 15) is 4.79 Å². The van der Waals surface area contributed by atoms with E-state index in [2.05, 4.69) is 5.32 Å². The minimum Gasteiger partial charge on any atom is -0.493 e. The maximum absolute atomic E-state index is 12.1. The number of benzene rings is 2. The molecule has 3 N–H and O–H groups in total. The van der Waals surface area contributed by atoms with Crippen LogP contribution in [0, 0.1) is 0 Å². The molecule has 1 amide bonds. The molecule has 0 aliphatic carbocycles. The number of rotatable bonds is 6. The summed E-state index contributed by atoms with van der Waals surface area (Å²) >= 11 is 0. The standard InChI is InChI=1S/C17H20N2O3/c1-21-15-7-6-12(9-16(15)22-2)10-17(20)19-14-5-3-4-13(8-14)11-18/h3-9H,10-11,18H2,1-2H3,(H,19,20). The number of carbonyl (C=O) groups is 1. The molecule has 5 heteroatoms. The lowest BCUT2D eigenvalue weighted by Gasteiger charge is -2.10. The van der Waals surface area contributed by atoms with Crippen LogP contribution in [-0.2, 0) is 17.8 Å². The van der Waals surface area contributed by atoms with Gasteiger partial charge in [0.05, 0.1) is 20.6 Å². The van der Waals surface area contributed by atoms with E-state index in [0.717, 1.165) is 16.8 Å². The summed E-state index contributed by atoms with van der Waals surface area (Å²) in [6.07, 6.45) is 0.257. The molecule has 0 saturated heterocycles. The first kappa shape index (κ1) is 15.9. The highest BCUT2D eigenvalue weighted by molar-refractivity contribution is 5.92. The molecule has 0 unspecified atom stereocenters. The van der Waals surface area contributed by atoms with Crippen molar-refractivity contribution in [1.82, 2.24) is 0 Å². The van der Waals surface area contributed by atoms with Crippen molar-refractivity contribution in [1.29, 1.82) is 0 Å². The second-order valence-electron chi connectivity index (χ2n) is 4.82. The van der Waals surface area contributed by atoms with Gasteiger partial charge in [-0.1, -0.05) is 18.2 Å². The van der Waals surface area contributed by atoms with Gasteiger partial charge in [0.1, 0.15) is 0 Å². The minimum absolute atomic E-state index is 0.0959. The number of nitrogens with two attached hydrogens (primary N) is 1. The van der Waals surface area contributed by atoms with Gasteiger partial charge in [-0.05, 0) is 35.4 Å². The SMILES string of the molecule is COc1ccc(CC(=O)Nc2cccc(CN)c2)cc1OC. The highest BCUT2D eigenvalue weighted by Gasteiger charge is 2.09. The Morgan fingerprint density at radius 1 is 1.05 bits per heavy atom. The lowest BCUT2D eigenvalue weighted by Crippen LogP contribution is -2.14. The summed E-state index contributed by atoms with van der Waals surface area (Å²) in [4.78, 5) is 12.1. The van der Waals surface area contributed by atoms with E-state index >= 15 is 0 Å². The Kier molecular flexibility index (Phi) is 5.38. The smallest absolute Gasteiger partial charge is 0.228 e. The van der Waals surface area contributed by atoms with Crippen LogP contribution >= 0.6 is 0 Å². The molecule has 0 aliphatic rings. The second-order valence-corrected chi connectivity index (χ2v) is 4.82. The molecule has 0 spiro atoms. The van der Waals surface area contributed by atoms with Crippen molar-refractivity contribution in [3.05, 3.63) is 53.6 Å². The Labute approximate surface area is 130 Å². The highest BCUT2D eigenvalue weighted by Crippen LogP contribution is 2.27. The molecular formula is C17H20N2O3. The Balaban J connectivity index is 2.05. The van der Waals surface area contributed by atoms with Crippen LogP contribution in [0.15, 0.2) is 42.5 Å². The Bertz CT molecular complexity index is 656. The fraction of sp³-hybridized carbons (Fsp3) is 0.235. The maximum atomic E-state index is 12.1. The molecule has 0 aliphatic heterocycles. The fourth-order valence-electron chi connectivity index (χ4n) is 2.16. The Morgan fingerprint density at radius 2 is 1.82 bits per heavy atom. The second kappa shape index (κ2) is 7.47. The summed E-state index contributed by atoms with van der Waals surface area (Å²) < 4.78 is 10.4. The number of methoxy groups -OCH3 is 2. The molecule has 0 saturated carbocycles. The largest absolute Gasteiger partial charge is 0.493 e. The third-order valence-corrected chi connectivity index (χ3v) is 3.26. The van der Waals surface area contributed by atoms with Crippen LogP contribution in [0.3, 0.4) is 0 Å². The van der Waals surface area contributed by atoms with Crippen molar-refractivity contribution < 1.29 is 14.3 Å². The lowest BCUT2D eigenvalue weighted by atomic mass is 10.1. The summed E-state index contributed by atoms with van der Waals surface area (Å²) in [6, 6.07) is 12.9. The predicted molar refractivity (Wildman–Crippen MR) is 86.2 cm³/mol. The normalized spacial score (nSPS) is 10.1. The van der Waals surface area contributed by atoms with Crippen molar-refractivity contribution in [2.75, 3.05) is 19.5 Å². The van der Waals surface area contributed by atoms with Crippen LogP contribution in [-0.4, -0.2) is 20.1 Å². The van der Waals surface area contributed by atoms with Crippen LogP contribution in [0.2, 0.25) is 0 Å². The van der Waals surface area contributed by atoms with Gasteiger partial charge in [-0.15, -0.1) is 0 Å². The van der Waals surface area contributed by atoms with Gasteiger partial charge >= 0.3 is 0 Å². The average molecular weight is 300 g/mol. The van der Waals surface area contributed by atoms with Crippen molar-refractivity contribution in [3.63, 3.8) is 0 Å². The zero-order chi connectivity index (χ0) is 15.9. The topological polar surface area (TPSA) is 73.6 Å². The van der Waals surface area contributed by atoms with Gasteiger partial charge in [-0.2, -0.15) is 0 Å². The van der Waals surface area contributed by atoms with Gasteiger partial charge in [0.2, 0.25) is 5.91 Å². The third kappa shape index (κ3) is 3.99. The van der Waals surface area contributed by atoms with Gasteiger partial charge in [0.15, 0.2) is 11.5 Å². The Morgan fingerprint density at radius 3 is 2.50 bits per heavy atom. The average Bonchev–Trinajstić information content (AvgIpc) is 2.54. The minimum atomic E-state index is -0.0959. The molecule has 0 aromatic heterocycles. The summed E-state index contributed by atoms with van der Waals surface area (Å²) in [5.74, 6) is 1.15. The van der Waals surface area contributed by atoms with E-state index in [0.29, 0.717) is 18.0 Å². The summed E-state index contributed by atoms with van der Waals surface area (Å²) in [5.41, 5.74) is 8.17. The first-order chi connectivity index (χ1) is 10.7. The van der Waals surface area contributed by atoms with Crippen LogP contribution in [0.5, 0.6) is 11.5 Å². The van der Waals surface area contributed by atoms with E-state index in [1.807, 2.05) is 30.3 Å². The van der Waals surface area contributed by atoms with Gasteiger partial charge in [-0.25, -0.2) is 0 Å². The van der Waals surface area contributed by atoms with E-state index in [4.69, 9.17) is 15.2 Å². The fourth-order valence-corrected chi connectivity index (χ4v) is 2.16. The number of hydrogen-bond donors (Lipinski definition) is 2. The van der Waals surface area contributed by atoms with Gasteiger partial charge < -0.3 is 20.5 Å². The van der Waals surface area contributed by atoms with E-state index < -0.39 is 0 Å². The summed E-state index contributed by atoms with van der Waals surface area (Å²) in [7, 11) is 3.15. The first-order valence-corrected chi connectivity index (χ1v) is 6.96. The van der Waals surface area contributed by atoms with Gasteiger partial charge in [-0.3, -0.25) is 4.79 Å². The van der Waals surface area contributed by atoms with Crippen molar-refractivity contribution in [2.45, 2.75) is 13.0 Å². The van der Waals surface area contributed by atoms with Crippen LogP contribution in [0.1, 0.15) is 11.1 Å². The number of anilines is 1. The molecule has 2 aromatic rings. The third-order valence-electron chi connectivity index (χ3n) is 3.26. The molecule has 0 heterocycles. The molecule has 0 fully saturated rings. The van der Waals surface area contributed by atoms with Crippen LogP contribution in [0.4, 0.5) is 5.69 Å². The monoisotopic (exact) mass is 300 g/mol. The van der Waals surface area contributed by atoms with E-state index in [-0.39, 0.29) is 12.3 Å². The molecule has 5 nitrogen and oxygen atoms in total. The van der Waals surface area contributed by atoms with E-state index in [1.54, 1.807) is 26.4 Å². The van der Waals surface area contributed by atoms with Crippen molar-refractivity contribution >= 4 is 11.6 Å². The van der Waals surface area contributed by atoms with Crippen molar-refractivity contribution in [3.8, 4) is 11.5 Å². The van der Waals surface area contributed by atoms with Gasteiger partial charge in [0.25, 0.3) is 0 Å². The number of amides is 1. The molecule has 0 bridgehead atoms. The number of carbonyl (C=O) groups excluding carboxylic acids is 1. The van der Waals surface area contributed by atoms with Gasteiger partial charge in [0, 0.05) is 12.2 Å². The summed E-state index contributed by atoms with van der Waals surface area (Å²) in [5, 5.41) is 2.86. The van der Waals surface area contributed by atoms with Crippen LogP contribution < -0.4 is 20.5 Å². The maximum Gasteiger partial charge on any atom is 0.228 e. The molecule has 0 atom stereocenters. The molecule has 2 rings (SSSR count).